The number of carbonyl (C=O) groups is 2. The van der Waals surface area contributed by atoms with Gasteiger partial charge in [0, 0.05) is 25.6 Å². The normalized spacial score (nSPS) is 17.8. The van der Waals surface area contributed by atoms with Crippen LogP contribution in [0.3, 0.4) is 0 Å². The van der Waals surface area contributed by atoms with Gasteiger partial charge in [0.2, 0.25) is 16.9 Å². The van der Waals surface area contributed by atoms with Crippen LogP contribution in [0, 0.1) is 0 Å². The van der Waals surface area contributed by atoms with Gasteiger partial charge in [-0.2, -0.15) is 0 Å². The molecule has 1 aromatic carbocycles. The number of aromatic nitrogens is 2. The average molecular weight is 431 g/mol. The van der Waals surface area contributed by atoms with Crippen LogP contribution in [-0.4, -0.2) is 46.0 Å². The second-order valence-corrected chi connectivity index (χ2v) is 9.80. The summed E-state index contributed by atoms with van der Waals surface area (Å²) in [7, 11) is 0. The zero-order chi connectivity index (χ0) is 20.2. The molecule has 6 nitrogen and oxygen atoms in total. The van der Waals surface area contributed by atoms with Gasteiger partial charge in [-0.05, 0) is 37.7 Å². The van der Waals surface area contributed by atoms with Crippen molar-refractivity contribution < 1.29 is 9.59 Å². The van der Waals surface area contributed by atoms with E-state index in [1.54, 1.807) is 4.90 Å². The molecule has 1 unspecified atom stereocenters. The van der Waals surface area contributed by atoms with Crippen molar-refractivity contribution in [3.8, 4) is 0 Å². The first-order chi connectivity index (χ1) is 14.2. The molecule has 4 rings (SSSR count). The van der Waals surface area contributed by atoms with E-state index in [9.17, 15) is 9.59 Å². The lowest BCUT2D eigenvalue weighted by atomic mass is 10.1. The zero-order valence-corrected chi connectivity index (χ0v) is 18.3. The molecule has 2 aliphatic rings. The molecule has 1 saturated heterocycles. The van der Waals surface area contributed by atoms with E-state index >= 15 is 0 Å². The summed E-state index contributed by atoms with van der Waals surface area (Å²) in [5.74, 6) is 0.227. The first-order valence-corrected chi connectivity index (χ1v) is 12.0. The quantitative estimate of drug-likeness (QED) is 0.484. The number of hydrogen-bond acceptors (Lipinski definition) is 6. The molecule has 1 aromatic heterocycles. The summed E-state index contributed by atoms with van der Waals surface area (Å²) < 4.78 is 0.730. The number of likely N-dealkylation sites (tertiary alicyclic amines) is 1. The molecule has 1 aliphatic heterocycles. The summed E-state index contributed by atoms with van der Waals surface area (Å²) in [6.45, 7) is 3.52. The number of benzene rings is 1. The second kappa shape index (κ2) is 9.26. The second-order valence-electron chi connectivity index (χ2n) is 7.49. The summed E-state index contributed by atoms with van der Waals surface area (Å²) in [5, 5.41) is 8.93. The Labute approximate surface area is 179 Å². The Kier molecular flexibility index (Phi) is 6.50. The molecular formula is C21H26N4O2S2. The van der Waals surface area contributed by atoms with E-state index in [0.29, 0.717) is 11.6 Å². The summed E-state index contributed by atoms with van der Waals surface area (Å²) in [6.07, 6.45) is 5.82. The molecule has 0 spiro atoms. The van der Waals surface area contributed by atoms with Gasteiger partial charge in [-0.15, -0.1) is 10.2 Å². The first-order valence-electron chi connectivity index (χ1n) is 10.3. The Morgan fingerprint density at radius 1 is 1.17 bits per heavy atom. The van der Waals surface area contributed by atoms with Crippen molar-refractivity contribution in [1.29, 1.82) is 0 Å². The van der Waals surface area contributed by atoms with Gasteiger partial charge in [0.05, 0.1) is 0 Å². The summed E-state index contributed by atoms with van der Waals surface area (Å²) in [4.78, 5) is 29.4. The highest BCUT2D eigenvalue weighted by Crippen LogP contribution is 2.42. The third-order valence-electron chi connectivity index (χ3n) is 5.30. The molecule has 0 N–H and O–H groups in total. The van der Waals surface area contributed by atoms with E-state index in [-0.39, 0.29) is 23.1 Å². The van der Waals surface area contributed by atoms with Crippen LogP contribution in [0.15, 0.2) is 34.7 Å². The lowest BCUT2D eigenvalue weighted by Gasteiger charge is -2.30. The lowest BCUT2D eigenvalue weighted by molar-refractivity contribution is -0.131. The molecule has 1 atom stereocenters. The summed E-state index contributed by atoms with van der Waals surface area (Å²) in [6, 6.07) is 10.1. The third kappa shape index (κ3) is 4.80. The van der Waals surface area contributed by atoms with E-state index in [1.807, 2.05) is 42.2 Å². The molecule has 154 valence electrons. The highest BCUT2D eigenvalue weighted by molar-refractivity contribution is 8.01. The standard InChI is InChI=1S/C21H26N4O2S2/c1-2-17(26)25(16-11-12-16)20-22-23-21(29-20)28-18(15-9-5-3-6-10-15)19(27)24-13-7-4-8-14-24/h3,5-6,9-10,16,18H,2,4,7-8,11-14H2,1H3. The summed E-state index contributed by atoms with van der Waals surface area (Å²) in [5.41, 5.74) is 0.980. The molecule has 1 aliphatic carbocycles. The van der Waals surface area contributed by atoms with Crippen molar-refractivity contribution in [3.05, 3.63) is 35.9 Å². The fourth-order valence-corrected chi connectivity index (χ4v) is 5.79. The number of carbonyl (C=O) groups excluding carboxylic acids is 2. The molecule has 2 aromatic rings. The van der Waals surface area contributed by atoms with E-state index < -0.39 is 0 Å². The van der Waals surface area contributed by atoms with Gasteiger partial charge in [-0.1, -0.05) is 60.4 Å². The van der Waals surface area contributed by atoms with Gasteiger partial charge in [-0.25, -0.2) is 0 Å². The Morgan fingerprint density at radius 2 is 1.90 bits per heavy atom. The fraction of sp³-hybridized carbons (Fsp3) is 0.524. The first kappa shape index (κ1) is 20.3. The molecule has 29 heavy (non-hydrogen) atoms. The molecular weight excluding hydrogens is 404 g/mol. The minimum Gasteiger partial charge on any atom is -0.341 e. The van der Waals surface area contributed by atoms with Crippen molar-refractivity contribution in [3.63, 3.8) is 0 Å². The number of nitrogens with zero attached hydrogens (tertiary/aromatic N) is 4. The van der Waals surface area contributed by atoms with Crippen LogP contribution in [0.4, 0.5) is 5.13 Å². The Morgan fingerprint density at radius 3 is 2.55 bits per heavy atom. The third-order valence-corrected chi connectivity index (χ3v) is 7.55. The van der Waals surface area contributed by atoms with E-state index in [0.717, 1.165) is 48.7 Å². The Balaban J connectivity index is 1.55. The molecule has 1 saturated carbocycles. The maximum Gasteiger partial charge on any atom is 0.240 e. The number of amides is 2. The molecule has 2 fully saturated rings. The van der Waals surface area contributed by atoms with Gasteiger partial charge in [0.15, 0.2) is 4.34 Å². The van der Waals surface area contributed by atoms with Crippen LogP contribution in [0.25, 0.3) is 0 Å². The van der Waals surface area contributed by atoms with Crippen LogP contribution < -0.4 is 4.90 Å². The van der Waals surface area contributed by atoms with Crippen molar-refractivity contribution in [2.24, 2.45) is 0 Å². The lowest BCUT2D eigenvalue weighted by Crippen LogP contribution is -2.38. The zero-order valence-electron chi connectivity index (χ0n) is 16.6. The van der Waals surface area contributed by atoms with Crippen LogP contribution in [-0.2, 0) is 9.59 Å². The number of hydrogen-bond donors (Lipinski definition) is 0. The van der Waals surface area contributed by atoms with Crippen LogP contribution in [0.2, 0.25) is 0 Å². The Hall–Kier alpha value is -1.93. The maximum absolute atomic E-state index is 13.3. The van der Waals surface area contributed by atoms with E-state index in [4.69, 9.17) is 0 Å². The highest BCUT2D eigenvalue weighted by atomic mass is 32.2. The largest absolute Gasteiger partial charge is 0.341 e. The Bertz CT molecular complexity index is 847. The van der Waals surface area contributed by atoms with Crippen LogP contribution in [0.5, 0.6) is 0 Å². The molecule has 2 heterocycles. The number of anilines is 1. The fourth-order valence-electron chi connectivity index (χ4n) is 3.59. The maximum atomic E-state index is 13.3. The average Bonchev–Trinajstić information content (AvgIpc) is 3.50. The van der Waals surface area contributed by atoms with Gasteiger partial charge >= 0.3 is 0 Å². The number of rotatable bonds is 7. The summed E-state index contributed by atoms with van der Waals surface area (Å²) >= 11 is 2.86. The minimum absolute atomic E-state index is 0.0872. The highest BCUT2D eigenvalue weighted by Gasteiger charge is 2.36. The minimum atomic E-state index is -0.341. The molecule has 2 amide bonds. The smallest absolute Gasteiger partial charge is 0.240 e. The SMILES string of the molecule is CCC(=O)N(c1nnc(SC(C(=O)N2CCCCC2)c2ccccc2)s1)C1CC1. The van der Waals surface area contributed by atoms with E-state index in [2.05, 4.69) is 10.2 Å². The van der Waals surface area contributed by atoms with Crippen molar-refractivity contribution in [2.45, 2.75) is 61.1 Å². The van der Waals surface area contributed by atoms with Gasteiger partial charge in [-0.3, -0.25) is 14.5 Å². The van der Waals surface area contributed by atoms with E-state index in [1.165, 1.54) is 29.5 Å². The van der Waals surface area contributed by atoms with Crippen molar-refractivity contribution >= 4 is 40.0 Å². The van der Waals surface area contributed by atoms with Gasteiger partial charge < -0.3 is 4.90 Å². The predicted molar refractivity (Wildman–Crippen MR) is 116 cm³/mol. The number of piperidine rings is 1. The van der Waals surface area contributed by atoms with Crippen molar-refractivity contribution in [2.75, 3.05) is 18.0 Å². The molecule has 0 radical (unpaired) electrons. The molecule has 8 heteroatoms. The van der Waals surface area contributed by atoms with Crippen LogP contribution in [0.1, 0.15) is 56.3 Å². The monoisotopic (exact) mass is 430 g/mol. The van der Waals surface area contributed by atoms with Gasteiger partial charge in [0.1, 0.15) is 5.25 Å². The predicted octanol–water partition coefficient (Wildman–Crippen LogP) is 4.29. The number of thioether (sulfide) groups is 1. The van der Waals surface area contributed by atoms with Crippen molar-refractivity contribution in [1.82, 2.24) is 15.1 Å². The molecule has 0 bridgehead atoms. The van der Waals surface area contributed by atoms with Crippen LogP contribution >= 0.6 is 23.1 Å². The van der Waals surface area contributed by atoms with Gasteiger partial charge in [0.25, 0.3) is 0 Å². The topological polar surface area (TPSA) is 66.4 Å².